The van der Waals surface area contributed by atoms with Gasteiger partial charge in [0, 0.05) is 24.2 Å². The maximum Gasteiger partial charge on any atom is 0.240 e. The lowest BCUT2D eigenvalue weighted by Crippen LogP contribution is -2.42. The quantitative estimate of drug-likeness (QED) is 0.838. The average Bonchev–Trinajstić information content (AvgIpc) is 2.94. The van der Waals surface area contributed by atoms with Gasteiger partial charge in [0.15, 0.2) is 0 Å². The summed E-state index contributed by atoms with van der Waals surface area (Å²) >= 11 is 0. The molecular weight excluding hydrogens is 372 g/mol. The molecule has 0 unspecified atom stereocenters. The van der Waals surface area contributed by atoms with Crippen LogP contribution in [0.1, 0.15) is 42.9 Å². The van der Waals surface area contributed by atoms with Crippen LogP contribution in [-0.4, -0.2) is 20.4 Å². The van der Waals surface area contributed by atoms with Crippen LogP contribution in [0.25, 0.3) is 0 Å². The van der Waals surface area contributed by atoms with Crippen LogP contribution in [0.15, 0.2) is 47.4 Å². The monoisotopic (exact) mass is 398 g/mol. The van der Waals surface area contributed by atoms with E-state index in [9.17, 15) is 13.2 Å². The van der Waals surface area contributed by atoms with Gasteiger partial charge in [-0.3, -0.25) is 4.79 Å². The number of rotatable bonds is 5. The van der Waals surface area contributed by atoms with E-state index in [2.05, 4.69) is 4.72 Å². The van der Waals surface area contributed by atoms with Crippen LogP contribution < -0.4 is 9.62 Å². The second-order valence-corrected chi connectivity index (χ2v) is 9.76. The Labute approximate surface area is 166 Å². The van der Waals surface area contributed by atoms with Gasteiger partial charge >= 0.3 is 0 Å². The van der Waals surface area contributed by atoms with Crippen LogP contribution in [0.4, 0.5) is 5.69 Å². The molecule has 0 aromatic heterocycles. The maximum absolute atomic E-state index is 12.8. The van der Waals surface area contributed by atoms with Crippen LogP contribution in [-0.2, 0) is 27.8 Å². The van der Waals surface area contributed by atoms with Gasteiger partial charge in [-0.25, -0.2) is 13.1 Å². The lowest BCUT2D eigenvalue weighted by atomic mass is 9.84. The Morgan fingerprint density at radius 1 is 1.14 bits per heavy atom. The Kier molecular flexibility index (Phi) is 5.02. The number of benzene rings is 2. The molecule has 148 valence electrons. The molecule has 2 aliphatic rings. The number of carbonyl (C=O) groups excluding carboxylic acids is 1. The molecule has 1 aliphatic heterocycles. The molecule has 6 heteroatoms. The fraction of sp³-hybridized carbons (Fsp3) is 0.409. The number of sulfonamides is 1. The van der Waals surface area contributed by atoms with Gasteiger partial charge in [-0.15, -0.1) is 0 Å². The number of nitrogens with zero attached hydrogens (tertiary/aromatic N) is 1. The van der Waals surface area contributed by atoms with Crippen molar-refractivity contribution in [2.45, 2.75) is 57.0 Å². The van der Waals surface area contributed by atoms with Crippen molar-refractivity contribution < 1.29 is 13.2 Å². The van der Waals surface area contributed by atoms with Crippen LogP contribution in [0.3, 0.4) is 0 Å². The minimum Gasteiger partial charge on any atom is -0.309 e. The fourth-order valence-corrected chi connectivity index (χ4v) is 5.00. The third kappa shape index (κ3) is 3.59. The largest absolute Gasteiger partial charge is 0.309 e. The van der Waals surface area contributed by atoms with Crippen LogP contribution >= 0.6 is 0 Å². The second kappa shape index (κ2) is 7.33. The SMILES string of the molecule is Cc1ccc(CNS(=O)(=O)c2ccc3c(c2)C[C@H](C)N3C(=O)C2CCC2)cc1. The number of aryl methyl sites for hydroxylation is 1. The van der Waals surface area contributed by atoms with Crippen molar-refractivity contribution in [1.82, 2.24) is 4.72 Å². The maximum atomic E-state index is 12.8. The topological polar surface area (TPSA) is 66.5 Å². The molecule has 0 radical (unpaired) electrons. The number of amides is 1. The molecule has 2 aromatic rings. The van der Waals surface area contributed by atoms with Crippen LogP contribution in [0, 0.1) is 12.8 Å². The zero-order chi connectivity index (χ0) is 19.9. The van der Waals surface area contributed by atoms with Crippen molar-refractivity contribution in [2.75, 3.05) is 4.90 Å². The smallest absolute Gasteiger partial charge is 0.240 e. The Morgan fingerprint density at radius 3 is 2.50 bits per heavy atom. The van der Waals surface area contributed by atoms with Gasteiger partial charge in [0.05, 0.1) is 4.90 Å². The van der Waals surface area contributed by atoms with E-state index in [1.165, 1.54) is 0 Å². The highest BCUT2D eigenvalue weighted by molar-refractivity contribution is 7.89. The summed E-state index contributed by atoms with van der Waals surface area (Å²) in [4.78, 5) is 14.9. The molecule has 1 fully saturated rings. The van der Waals surface area contributed by atoms with Crippen molar-refractivity contribution in [3.8, 4) is 0 Å². The highest BCUT2D eigenvalue weighted by Gasteiger charge is 2.37. The predicted octanol–water partition coefficient (Wildman–Crippen LogP) is 3.55. The Balaban J connectivity index is 1.52. The first kappa shape index (κ1) is 19.2. The number of hydrogen-bond donors (Lipinski definition) is 1. The van der Waals surface area contributed by atoms with E-state index < -0.39 is 10.0 Å². The van der Waals surface area contributed by atoms with Crippen LogP contribution in [0.5, 0.6) is 0 Å². The first-order chi connectivity index (χ1) is 13.3. The lowest BCUT2D eigenvalue weighted by Gasteiger charge is -2.32. The average molecular weight is 399 g/mol. The van der Waals surface area contributed by atoms with Gasteiger partial charge in [-0.1, -0.05) is 36.2 Å². The van der Waals surface area contributed by atoms with Gasteiger partial charge < -0.3 is 4.90 Å². The molecule has 1 atom stereocenters. The molecule has 1 heterocycles. The molecular formula is C22H26N2O3S. The van der Waals surface area contributed by atoms with Crippen molar-refractivity contribution in [3.05, 3.63) is 59.2 Å². The molecule has 2 aromatic carbocycles. The molecule has 28 heavy (non-hydrogen) atoms. The van der Waals surface area contributed by atoms with E-state index in [0.717, 1.165) is 41.6 Å². The number of fused-ring (bicyclic) bond motifs is 1. The Hall–Kier alpha value is -2.18. The van der Waals surface area contributed by atoms with E-state index in [1.54, 1.807) is 18.2 Å². The van der Waals surface area contributed by atoms with Crippen molar-refractivity contribution in [1.29, 1.82) is 0 Å². The van der Waals surface area contributed by atoms with Gasteiger partial charge in [0.25, 0.3) is 0 Å². The third-order valence-corrected chi connectivity index (χ3v) is 7.25. The molecule has 1 aliphatic carbocycles. The van der Waals surface area contributed by atoms with Crippen molar-refractivity contribution in [3.63, 3.8) is 0 Å². The summed E-state index contributed by atoms with van der Waals surface area (Å²) in [5, 5.41) is 0. The van der Waals surface area contributed by atoms with E-state index >= 15 is 0 Å². The molecule has 1 saturated carbocycles. The first-order valence-electron chi connectivity index (χ1n) is 9.86. The third-order valence-electron chi connectivity index (χ3n) is 5.86. The van der Waals surface area contributed by atoms with Crippen LogP contribution in [0.2, 0.25) is 0 Å². The molecule has 0 bridgehead atoms. The number of anilines is 1. The first-order valence-corrected chi connectivity index (χ1v) is 11.3. The molecule has 1 N–H and O–H groups in total. The fourth-order valence-electron chi connectivity index (χ4n) is 3.93. The van der Waals surface area contributed by atoms with Gasteiger partial charge in [-0.2, -0.15) is 0 Å². The second-order valence-electron chi connectivity index (χ2n) is 7.99. The highest BCUT2D eigenvalue weighted by atomic mass is 32.2. The van der Waals surface area contributed by atoms with E-state index in [0.29, 0.717) is 6.42 Å². The van der Waals surface area contributed by atoms with Gasteiger partial charge in [0.2, 0.25) is 15.9 Å². The number of carbonyl (C=O) groups is 1. The Bertz CT molecular complexity index is 995. The summed E-state index contributed by atoms with van der Waals surface area (Å²) in [5.41, 5.74) is 3.85. The van der Waals surface area contributed by atoms with E-state index in [1.807, 2.05) is 43.0 Å². The highest BCUT2D eigenvalue weighted by Crippen LogP contribution is 2.38. The van der Waals surface area contributed by atoms with E-state index in [4.69, 9.17) is 0 Å². The standard InChI is InChI=1S/C22H26N2O3S/c1-15-6-8-17(9-7-15)14-23-28(26,27)20-10-11-21-19(13-20)12-16(2)24(21)22(25)18-4-3-5-18/h6-11,13,16,18,23H,3-5,12,14H2,1-2H3/t16-/m0/s1. The molecule has 0 spiro atoms. The van der Waals surface area contributed by atoms with Crippen molar-refractivity contribution >= 4 is 21.6 Å². The summed E-state index contributed by atoms with van der Waals surface area (Å²) < 4.78 is 28.2. The predicted molar refractivity (Wildman–Crippen MR) is 110 cm³/mol. The minimum atomic E-state index is -3.61. The minimum absolute atomic E-state index is 0.0709. The van der Waals surface area contributed by atoms with Gasteiger partial charge in [-0.05, 0) is 62.4 Å². The molecule has 1 amide bonds. The van der Waals surface area contributed by atoms with E-state index in [-0.39, 0.29) is 29.3 Å². The summed E-state index contributed by atoms with van der Waals surface area (Å²) in [6, 6.07) is 13.0. The molecule has 5 nitrogen and oxygen atoms in total. The summed E-state index contributed by atoms with van der Waals surface area (Å²) in [7, 11) is -3.61. The summed E-state index contributed by atoms with van der Waals surface area (Å²) in [6.45, 7) is 4.28. The normalized spacial score (nSPS) is 19.4. The summed E-state index contributed by atoms with van der Waals surface area (Å²) in [6.07, 6.45) is 3.74. The van der Waals surface area contributed by atoms with Crippen molar-refractivity contribution in [2.24, 2.45) is 5.92 Å². The van der Waals surface area contributed by atoms with Gasteiger partial charge in [0.1, 0.15) is 0 Å². The molecule has 0 saturated heterocycles. The zero-order valence-corrected chi connectivity index (χ0v) is 17.1. The zero-order valence-electron chi connectivity index (χ0n) is 16.3. The molecule has 4 rings (SSSR count). The number of hydrogen-bond acceptors (Lipinski definition) is 3. The lowest BCUT2D eigenvalue weighted by molar-refractivity contribution is -0.125. The number of nitrogens with one attached hydrogen (secondary N) is 1. The summed E-state index contributed by atoms with van der Waals surface area (Å²) in [5.74, 6) is 0.318. The Morgan fingerprint density at radius 2 is 1.86 bits per heavy atom.